The van der Waals surface area contributed by atoms with Gasteiger partial charge >= 0.3 is 0 Å². The summed E-state index contributed by atoms with van der Waals surface area (Å²) in [5.41, 5.74) is 5.01. The first-order valence-electron chi connectivity index (χ1n) is 8.77. The third kappa shape index (κ3) is 6.34. The zero-order valence-electron chi connectivity index (χ0n) is 15.2. The number of hydrogen-bond donors (Lipinski definition) is 2. The van der Waals surface area contributed by atoms with E-state index in [1.807, 2.05) is 42.3 Å². The molecule has 0 aromatic heterocycles. The Morgan fingerprint density at radius 3 is 2.80 bits per heavy atom. The van der Waals surface area contributed by atoms with Gasteiger partial charge in [-0.25, -0.2) is 0 Å². The first kappa shape index (κ1) is 19.8. The Hall–Kier alpha value is -1.56. The SMILES string of the molecule is CN[C@@H](CC(C)C)C(=O)N1CC=C(NOCc2cccc(Cl)c2)CC1. The van der Waals surface area contributed by atoms with E-state index in [1.165, 1.54) is 0 Å². The van der Waals surface area contributed by atoms with Crippen molar-refractivity contribution in [3.63, 3.8) is 0 Å². The maximum Gasteiger partial charge on any atom is 0.239 e. The number of nitrogens with one attached hydrogen (secondary N) is 2. The van der Waals surface area contributed by atoms with E-state index in [-0.39, 0.29) is 11.9 Å². The topological polar surface area (TPSA) is 53.6 Å². The average Bonchev–Trinajstić information content (AvgIpc) is 2.59. The number of hydroxylamine groups is 1. The molecule has 2 N–H and O–H groups in total. The summed E-state index contributed by atoms with van der Waals surface area (Å²) >= 11 is 5.96. The summed E-state index contributed by atoms with van der Waals surface area (Å²) in [7, 11) is 1.85. The van der Waals surface area contributed by atoms with E-state index in [2.05, 4.69) is 24.6 Å². The molecule has 0 bridgehead atoms. The number of carbonyl (C=O) groups excluding carboxylic acids is 1. The van der Waals surface area contributed by atoms with E-state index in [1.54, 1.807) is 0 Å². The standard InChI is InChI=1S/C19H28ClN3O2/c1-14(2)11-18(21-3)19(24)23-9-7-17(8-10-23)22-25-13-15-5-4-6-16(20)12-15/h4-7,12,14,18,21-22H,8-11,13H2,1-3H3/t18-/m0/s1. The van der Waals surface area contributed by atoms with Crippen LogP contribution in [0.25, 0.3) is 0 Å². The summed E-state index contributed by atoms with van der Waals surface area (Å²) in [6, 6.07) is 7.48. The molecule has 0 fully saturated rings. The molecule has 138 valence electrons. The number of likely N-dealkylation sites (N-methyl/N-ethyl adjacent to an activating group) is 1. The second-order valence-corrected chi connectivity index (χ2v) is 7.19. The summed E-state index contributed by atoms with van der Waals surface area (Å²) in [4.78, 5) is 20.0. The third-order valence-corrected chi connectivity index (χ3v) is 4.44. The Morgan fingerprint density at radius 1 is 1.40 bits per heavy atom. The monoisotopic (exact) mass is 365 g/mol. The van der Waals surface area contributed by atoms with Crippen LogP contribution >= 0.6 is 11.6 Å². The van der Waals surface area contributed by atoms with E-state index in [4.69, 9.17) is 16.4 Å². The van der Waals surface area contributed by atoms with Crippen molar-refractivity contribution in [2.45, 2.75) is 39.3 Å². The Labute approximate surface area is 155 Å². The smallest absolute Gasteiger partial charge is 0.239 e. The van der Waals surface area contributed by atoms with Gasteiger partial charge in [0.25, 0.3) is 0 Å². The molecule has 0 radical (unpaired) electrons. The molecule has 0 unspecified atom stereocenters. The highest BCUT2D eigenvalue weighted by Gasteiger charge is 2.25. The quantitative estimate of drug-likeness (QED) is 0.695. The Morgan fingerprint density at radius 2 is 2.20 bits per heavy atom. The number of amides is 1. The Balaban J connectivity index is 1.78. The summed E-state index contributed by atoms with van der Waals surface area (Å²) in [6.45, 7) is 6.02. The van der Waals surface area contributed by atoms with Crippen molar-refractivity contribution in [2.75, 3.05) is 20.1 Å². The predicted octanol–water partition coefficient (Wildman–Crippen LogP) is 3.11. The molecule has 6 heteroatoms. The lowest BCUT2D eigenvalue weighted by Gasteiger charge is -2.30. The largest absolute Gasteiger partial charge is 0.337 e. The number of halogens is 1. The van der Waals surface area contributed by atoms with E-state index in [9.17, 15) is 4.79 Å². The van der Waals surface area contributed by atoms with Crippen molar-refractivity contribution in [2.24, 2.45) is 5.92 Å². The number of benzene rings is 1. The normalized spacial score (nSPS) is 15.9. The lowest BCUT2D eigenvalue weighted by atomic mass is 10.0. The molecule has 1 aliphatic heterocycles. The van der Waals surface area contributed by atoms with Crippen LogP contribution in [0.1, 0.15) is 32.3 Å². The maximum absolute atomic E-state index is 12.6. The minimum absolute atomic E-state index is 0.109. The van der Waals surface area contributed by atoms with Crippen molar-refractivity contribution >= 4 is 17.5 Å². The van der Waals surface area contributed by atoms with Gasteiger partial charge in [-0.1, -0.05) is 37.6 Å². The summed E-state index contributed by atoms with van der Waals surface area (Å²) in [5.74, 6) is 0.658. The van der Waals surface area contributed by atoms with Crippen LogP contribution in [0.2, 0.25) is 5.02 Å². The highest BCUT2D eigenvalue weighted by Crippen LogP contribution is 2.14. The third-order valence-electron chi connectivity index (χ3n) is 4.21. The van der Waals surface area contributed by atoms with Gasteiger partial charge in [-0.05, 0) is 43.2 Å². The molecular weight excluding hydrogens is 338 g/mol. The fraction of sp³-hybridized carbons (Fsp3) is 0.526. The Bertz CT molecular complexity index is 604. The van der Waals surface area contributed by atoms with Crippen LogP contribution in [-0.4, -0.2) is 37.0 Å². The van der Waals surface area contributed by atoms with Crippen LogP contribution in [-0.2, 0) is 16.2 Å². The first-order chi connectivity index (χ1) is 12.0. The van der Waals surface area contributed by atoms with E-state index in [0.717, 1.165) is 24.1 Å². The van der Waals surface area contributed by atoms with Gasteiger partial charge in [0, 0.05) is 30.2 Å². The van der Waals surface area contributed by atoms with Gasteiger partial charge in [0.2, 0.25) is 5.91 Å². The molecule has 1 heterocycles. The summed E-state index contributed by atoms with van der Waals surface area (Å²) in [5, 5.41) is 3.84. The van der Waals surface area contributed by atoms with Crippen LogP contribution in [0.4, 0.5) is 0 Å². The van der Waals surface area contributed by atoms with Gasteiger partial charge in [-0.15, -0.1) is 0 Å². The van der Waals surface area contributed by atoms with Crippen LogP contribution in [0.3, 0.4) is 0 Å². The average molecular weight is 366 g/mol. The first-order valence-corrected chi connectivity index (χ1v) is 9.14. The summed E-state index contributed by atoms with van der Waals surface area (Å²) < 4.78 is 0. The Kier molecular flexibility index (Phi) is 7.75. The van der Waals surface area contributed by atoms with Crippen LogP contribution in [0, 0.1) is 5.92 Å². The minimum atomic E-state index is -0.109. The molecule has 0 saturated heterocycles. The van der Waals surface area contributed by atoms with Crippen molar-refractivity contribution in [1.29, 1.82) is 0 Å². The molecular formula is C19H28ClN3O2. The van der Waals surface area contributed by atoms with Crippen molar-refractivity contribution < 1.29 is 9.63 Å². The van der Waals surface area contributed by atoms with Gasteiger partial charge in [0.15, 0.2) is 0 Å². The zero-order valence-corrected chi connectivity index (χ0v) is 16.0. The van der Waals surface area contributed by atoms with Gasteiger partial charge < -0.3 is 10.2 Å². The highest BCUT2D eigenvalue weighted by atomic mass is 35.5. The van der Waals surface area contributed by atoms with Crippen molar-refractivity contribution in [1.82, 2.24) is 15.7 Å². The molecule has 5 nitrogen and oxygen atoms in total. The number of hydrogen-bond acceptors (Lipinski definition) is 4. The van der Waals surface area contributed by atoms with Gasteiger partial charge in [-0.3, -0.25) is 15.1 Å². The van der Waals surface area contributed by atoms with Gasteiger partial charge in [-0.2, -0.15) is 0 Å². The van der Waals surface area contributed by atoms with Crippen molar-refractivity contribution in [3.05, 3.63) is 46.6 Å². The molecule has 1 amide bonds. The molecule has 1 atom stereocenters. The molecule has 0 spiro atoms. The number of nitrogens with zero attached hydrogens (tertiary/aromatic N) is 1. The molecule has 2 rings (SSSR count). The molecule has 1 aliphatic rings. The number of carbonyl (C=O) groups is 1. The van der Waals surface area contributed by atoms with E-state index >= 15 is 0 Å². The highest BCUT2D eigenvalue weighted by molar-refractivity contribution is 6.30. The molecule has 1 aromatic carbocycles. The fourth-order valence-corrected chi connectivity index (χ4v) is 3.05. The van der Waals surface area contributed by atoms with Crippen LogP contribution < -0.4 is 10.8 Å². The lowest BCUT2D eigenvalue weighted by molar-refractivity contribution is -0.133. The zero-order chi connectivity index (χ0) is 18.2. The minimum Gasteiger partial charge on any atom is -0.337 e. The maximum atomic E-state index is 12.6. The second kappa shape index (κ2) is 9.80. The number of rotatable bonds is 8. The fourth-order valence-electron chi connectivity index (χ4n) is 2.83. The molecule has 1 aromatic rings. The molecule has 0 aliphatic carbocycles. The van der Waals surface area contributed by atoms with Crippen LogP contribution in [0.15, 0.2) is 36.0 Å². The lowest BCUT2D eigenvalue weighted by Crippen LogP contribution is -2.47. The van der Waals surface area contributed by atoms with E-state index in [0.29, 0.717) is 30.6 Å². The second-order valence-electron chi connectivity index (χ2n) is 6.76. The molecule has 0 saturated carbocycles. The van der Waals surface area contributed by atoms with Gasteiger partial charge in [0.05, 0.1) is 12.6 Å². The van der Waals surface area contributed by atoms with Gasteiger partial charge in [0.1, 0.15) is 0 Å². The van der Waals surface area contributed by atoms with Crippen LogP contribution in [0.5, 0.6) is 0 Å². The van der Waals surface area contributed by atoms with E-state index < -0.39 is 0 Å². The molecule has 25 heavy (non-hydrogen) atoms. The summed E-state index contributed by atoms with van der Waals surface area (Å²) in [6.07, 6.45) is 3.63. The van der Waals surface area contributed by atoms with Crippen molar-refractivity contribution in [3.8, 4) is 0 Å². The predicted molar refractivity (Wildman–Crippen MR) is 101 cm³/mol.